The van der Waals surface area contributed by atoms with E-state index >= 15 is 0 Å². The van der Waals surface area contributed by atoms with Gasteiger partial charge in [0.15, 0.2) is 5.78 Å². The van der Waals surface area contributed by atoms with Gasteiger partial charge in [0.25, 0.3) is 0 Å². The van der Waals surface area contributed by atoms with E-state index in [1.165, 1.54) is 9.11 Å². The van der Waals surface area contributed by atoms with Crippen molar-refractivity contribution in [1.29, 1.82) is 0 Å². The second-order valence-corrected chi connectivity index (χ2v) is 6.51. The summed E-state index contributed by atoms with van der Waals surface area (Å²) >= 11 is 5.16. The van der Waals surface area contributed by atoms with Crippen LogP contribution in [0.2, 0.25) is 0 Å². The van der Waals surface area contributed by atoms with Gasteiger partial charge in [0, 0.05) is 27.0 Å². The van der Waals surface area contributed by atoms with Crippen molar-refractivity contribution in [2.45, 2.75) is 18.8 Å². The van der Waals surface area contributed by atoms with Gasteiger partial charge in [0.05, 0.1) is 0 Å². The van der Waals surface area contributed by atoms with E-state index in [0.29, 0.717) is 18.1 Å². The molecule has 0 amide bonds. The second kappa shape index (κ2) is 5.43. The minimum Gasteiger partial charge on any atom is -0.294 e. The molecule has 0 spiro atoms. The molecule has 0 aromatic carbocycles. The van der Waals surface area contributed by atoms with Crippen molar-refractivity contribution < 1.29 is 4.79 Å². The van der Waals surface area contributed by atoms with Crippen molar-refractivity contribution in [2.75, 3.05) is 12.5 Å². The van der Waals surface area contributed by atoms with Crippen molar-refractivity contribution >= 4 is 40.6 Å². The Balaban J connectivity index is 2.40. The highest BCUT2D eigenvalue weighted by atomic mass is 32.2. The van der Waals surface area contributed by atoms with Crippen molar-refractivity contribution in [2.24, 2.45) is 0 Å². The lowest BCUT2D eigenvalue weighted by molar-refractivity contribution is -0.114. The first kappa shape index (κ1) is 12.3. The van der Waals surface area contributed by atoms with Crippen molar-refractivity contribution in [3.8, 4) is 0 Å². The Hall–Kier alpha value is -0.190. The molecular weight excluding hydrogens is 256 g/mol. The highest BCUT2D eigenvalue weighted by molar-refractivity contribution is 8.21. The van der Waals surface area contributed by atoms with E-state index in [2.05, 4.69) is 30.0 Å². The number of thiophene rings is 1. The Bertz CT molecular complexity index is 400. The van der Waals surface area contributed by atoms with Gasteiger partial charge in [-0.2, -0.15) is 0 Å². The van der Waals surface area contributed by atoms with E-state index in [1.807, 2.05) is 0 Å². The van der Waals surface area contributed by atoms with Gasteiger partial charge < -0.3 is 0 Å². The Morgan fingerprint density at radius 2 is 2.19 bits per heavy atom. The fraction of sp³-hybridized carbons (Fsp3) is 0.417. The van der Waals surface area contributed by atoms with E-state index in [-0.39, 0.29) is 0 Å². The van der Waals surface area contributed by atoms with Crippen LogP contribution < -0.4 is 0 Å². The molecule has 1 atom stereocenters. The van der Waals surface area contributed by atoms with Gasteiger partial charge >= 0.3 is 0 Å². The van der Waals surface area contributed by atoms with Crippen LogP contribution in [0.1, 0.15) is 23.6 Å². The van der Waals surface area contributed by atoms with Crippen LogP contribution in [-0.4, -0.2) is 18.3 Å². The molecule has 1 aliphatic rings. The van der Waals surface area contributed by atoms with Crippen LogP contribution in [-0.2, 0) is 4.79 Å². The van der Waals surface area contributed by atoms with Crippen LogP contribution in [0, 0.1) is 0 Å². The topological polar surface area (TPSA) is 17.1 Å². The first-order valence-electron chi connectivity index (χ1n) is 5.16. The Morgan fingerprint density at radius 3 is 2.75 bits per heavy atom. The average molecular weight is 270 g/mol. The molecule has 1 heterocycles. The maximum atomic E-state index is 12.0. The number of Topliss-reactive ketones (excluding diaryl/α,β-unsaturated/α-hetero) is 1. The highest BCUT2D eigenvalue weighted by Crippen LogP contribution is 2.44. The SMILES string of the molecule is CSC(SC)=C1C(=O)CCC1c1cccs1. The van der Waals surface area contributed by atoms with E-state index < -0.39 is 0 Å². The summed E-state index contributed by atoms with van der Waals surface area (Å²) in [5.74, 6) is 0.694. The number of carbonyl (C=O) groups excluding carboxylic acids is 1. The van der Waals surface area contributed by atoms with Crippen LogP contribution >= 0.6 is 34.9 Å². The summed E-state index contributed by atoms with van der Waals surface area (Å²) in [4.78, 5) is 13.3. The Labute approximate surface area is 109 Å². The number of rotatable bonds is 3. The molecule has 1 nitrogen and oxygen atoms in total. The maximum absolute atomic E-state index is 12.0. The number of hydrogen-bond acceptors (Lipinski definition) is 4. The Morgan fingerprint density at radius 1 is 1.44 bits per heavy atom. The quantitative estimate of drug-likeness (QED) is 0.769. The molecule has 0 aliphatic heterocycles. The smallest absolute Gasteiger partial charge is 0.161 e. The third kappa shape index (κ3) is 2.24. The van der Waals surface area contributed by atoms with Crippen LogP contribution in [0.4, 0.5) is 0 Å². The Kier molecular flexibility index (Phi) is 4.16. The van der Waals surface area contributed by atoms with Gasteiger partial charge in [-0.15, -0.1) is 34.9 Å². The standard InChI is InChI=1S/C12H14OS3/c1-14-12(15-2)11-8(5-6-9(11)13)10-4-3-7-16-10/h3-4,7-8H,5-6H2,1-2H3. The predicted molar refractivity (Wildman–Crippen MR) is 75.4 cm³/mol. The number of allylic oxidation sites excluding steroid dienone is 1. The fourth-order valence-corrected chi connectivity index (χ4v) is 4.57. The van der Waals surface area contributed by atoms with E-state index in [9.17, 15) is 4.79 Å². The normalized spacial score (nSPS) is 20.5. The van der Waals surface area contributed by atoms with Gasteiger partial charge in [0.2, 0.25) is 0 Å². The lowest BCUT2D eigenvalue weighted by Gasteiger charge is -2.12. The lowest BCUT2D eigenvalue weighted by Crippen LogP contribution is -2.00. The third-order valence-corrected chi connectivity index (χ3v) is 5.95. The molecule has 1 aromatic rings. The van der Waals surface area contributed by atoms with Crippen molar-refractivity contribution in [1.82, 2.24) is 0 Å². The zero-order chi connectivity index (χ0) is 11.5. The zero-order valence-electron chi connectivity index (χ0n) is 9.36. The molecule has 16 heavy (non-hydrogen) atoms. The lowest BCUT2D eigenvalue weighted by atomic mass is 10.0. The maximum Gasteiger partial charge on any atom is 0.161 e. The summed E-state index contributed by atoms with van der Waals surface area (Å²) in [5.41, 5.74) is 1.06. The summed E-state index contributed by atoms with van der Waals surface area (Å²) in [6, 6.07) is 4.21. The van der Waals surface area contributed by atoms with E-state index in [1.54, 1.807) is 34.9 Å². The monoisotopic (exact) mass is 270 g/mol. The molecule has 86 valence electrons. The largest absolute Gasteiger partial charge is 0.294 e. The van der Waals surface area contributed by atoms with Gasteiger partial charge in [-0.25, -0.2) is 0 Å². The second-order valence-electron chi connectivity index (χ2n) is 3.64. The molecular formula is C12H14OS3. The van der Waals surface area contributed by atoms with Gasteiger partial charge in [0.1, 0.15) is 0 Å². The number of thioether (sulfide) groups is 2. The van der Waals surface area contributed by atoms with Crippen molar-refractivity contribution in [3.05, 3.63) is 32.2 Å². The molecule has 4 heteroatoms. The highest BCUT2D eigenvalue weighted by Gasteiger charge is 2.32. The van der Waals surface area contributed by atoms with E-state index in [0.717, 1.165) is 12.0 Å². The van der Waals surface area contributed by atoms with Crippen LogP contribution in [0.25, 0.3) is 0 Å². The average Bonchev–Trinajstić information content (AvgIpc) is 2.91. The molecule has 0 saturated heterocycles. The van der Waals surface area contributed by atoms with Gasteiger partial charge in [-0.1, -0.05) is 6.07 Å². The van der Waals surface area contributed by atoms with Crippen LogP contribution in [0.15, 0.2) is 27.3 Å². The number of ketones is 1. The summed E-state index contributed by atoms with van der Waals surface area (Å²) in [6.45, 7) is 0. The molecule has 1 aliphatic carbocycles. The predicted octanol–water partition coefficient (Wildman–Crippen LogP) is 4.13. The number of hydrogen-bond donors (Lipinski definition) is 0. The zero-order valence-corrected chi connectivity index (χ0v) is 11.8. The molecule has 1 saturated carbocycles. The summed E-state index contributed by atoms with van der Waals surface area (Å²) in [6.07, 6.45) is 5.80. The summed E-state index contributed by atoms with van der Waals surface area (Å²) in [7, 11) is 0. The molecule has 0 bridgehead atoms. The first-order valence-corrected chi connectivity index (χ1v) is 8.49. The summed E-state index contributed by atoms with van der Waals surface area (Å²) in [5, 5.41) is 2.09. The van der Waals surface area contributed by atoms with Crippen LogP contribution in [0.5, 0.6) is 0 Å². The summed E-state index contributed by atoms with van der Waals surface area (Å²) < 4.78 is 1.20. The van der Waals surface area contributed by atoms with Crippen molar-refractivity contribution in [3.63, 3.8) is 0 Å². The van der Waals surface area contributed by atoms with Gasteiger partial charge in [-0.05, 0) is 30.4 Å². The fourth-order valence-electron chi connectivity index (χ4n) is 2.08. The molecule has 1 fully saturated rings. The minimum absolute atomic E-state index is 0.345. The molecule has 1 unspecified atom stereocenters. The van der Waals surface area contributed by atoms with Gasteiger partial charge in [-0.3, -0.25) is 4.79 Å². The van der Waals surface area contributed by atoms with E-state index in [4.69, 9.17) is 0 Å². The molecule has 2 rings (SSSR count). The molecule has 1 aromatic heterocycles. The minimum atomic E-state index is 0.345. The van der Waals surface area contributed by atoms with Crippen LogP contribution in [0.3, 0.4) is 0 Å². The third-order valence-electron chi connectivity index (χ3n) is 2.79. The first-order chi connectivity index (χ1) is 7.77. The number of carbonyl (C=O) groups is 1. The molecule has 0 N–H and O–H groups in total. The molecule has 0 radical (unpaired) electrons.